The largest absolute Gasteiger partial charge is 0.397 e. The molecule has 1 aliphatic carbocycles. The number of nitrogens with one attached hydrogen (secondary N) is 1. The van der Waals surface area contributed by atoms with Crippen LogP contribution in [0.1, 0.15) is 46.0 Å². The van der Waals surface area contributed by atoms with E-state index in [2.05, 4.69) is 19.2 Å². The Hall–Kier alpha value is -1.58. The molecule has 0 atom stereocenters. The molecule has 20 heavy (non-hydrogen) atoms. The first-order valence-corrected chi connectivity index (χ1v) is 7.29. The van der Waals surface area contributed by atoms with Crippen LogP contribution in [0.2, 0.25) is 0 Å². The topological polar surface area (TPSA) is 55.1 Å². The van der Waals surface area contributed by atoms with Crippen LogP contribution in [0.15, 0.2) is 18.2 Å². The lowest BCUT2D eigenvalue weighted by Crippen LogP contribution is -2.35. The molecule has 1 aromatic carbocycles. The number of nitrogens with two attached hydrogens (primary N) is 1. The molecule has 1 aliphatic rings. The van der Waals surface area contributed by atoms with Gasteiger partial charge in [0.25, 0.3) is 0 Å². The van der Waals surface area contributed by atoms with Crippen molar-refractivity contribution in [2.24, 2.45) is 11.3 Å². The van der Waals surface area contributed by atoms with Crippen LogP contribution in [0.4, 0.5) is 15.8 Å². The van der Waals surface area contributed by atoms with Crippen LogP contribution in [0.25, 0.3) is 0 Å². The molecule has 0 spiro atoms. The third kappa shape index (κ3) is 3.11. The molecular weight excluding hydrogens is 255 g/mol. The lowest BCUT2D eigenvalue weighted by molar-refractivity contribution is -0.126. The van der Waals surface area contributed by atoms with Gasteiger partial charge in [-0.15, -0.1) is 0 Å². The minimum Gasteiger partial charge on any atom is -0.397 e. The number of hydrogen-bond donors (Lipinski definition) is 2. The fourth-order valence-corrected chi connectivity index (χ4v) is 3.26. The number of hydrogen-bond acceptors (Lipinski definition) is 2. The third-order valence-electron chi connectivity index (χ3n) is 4.10. The Morgan fingerprint density at radius 3 is 2.60 bits per heavy atom. The smallest absolute Gasteiger partial charge is 0.230 e. The van der Waals surface area contributed by atoms with Crippen molar-refractivity contribution < 1.29 is 9.18 Å². The normalized spacial score (nSPS) is 17.4. The van der Waals surface area contributed by atoms with Crippen molar-refractivity contribution in [2.75, 3.05) is 11.1 Å². The number of benzene rings is 1. The predicted octanol–water partition coefficient (Wildman–Crippen LogP) is 3.95. The van der Waals surface area contributed by atoms with E-state index in [1.54, 1.807) is 0 Å². The fourth-order valence-electron chi connectivity index (χ4n) is 3.26. The van der Waals surface area contributed by atoms with Crippen molar-refractivity contribution in [2.45, 2.75) is 46.0 Å². The van der Waals surface area contributed by atoms with Gasteiger partial charge in [0.05, 0.1) is 11.4 Å². The molecule has 1 saturated carbocycles. The SMILES string of the molecule is CC(C)CC1(C(=O)Nc2ccc(F)cc2N)CCCC1. The second kappa shape index (κ2) is 5.81. The van der Waals surface area contributed by atoms with Crippen LogP contribution in [0.5, 0.6) is 0 Å². The van der Waals surface area contributed by atoms with Crippen molar-refractivity contribution in [3.05, 3.63) is 24.0 Å². The lowest BCUT2D eigenvalue weighted by Gasteiger charge is -2.29. The Balaban J connectivity index is 2.16. The fraction of sp³-hybridized carbons (Fsp3) is 0.562. The maximum absolute atomic E-state index is 13.0. The number of halogens is 1. The van der Waals surface area contributed by atoms with Gasteiger partial charge in [-0.05, 0) is 43.4 Å². The van der Waals surface area contributed by atoms with Gasteiger partial charge in [-0.2, -0.15) is 0 Å². The Kier molecular flexibility index (Phi) is 4.31. The summed E-state index contributed by atoms with van der Waals surface area (Å²) in [7, 11) is 0. The van der Waals surface area contributed by atoms with Crippen LogP contribution in [-0.4, -0.2) is 5.91 Å². The van der Waals surface area contributed by atoms with Gasteiger partial charge in [0.2, 0.25) is 5.91 Å². The monoisotopic (exact) mass is 278 g/mol. The predicted molar refractivity (Wildman–Crippen MR) is 79.8 cm³/mol. The molecule has 0 bridgehead atoms. The van der Waals surface area contributed by atoms with E-state index in [4.69, 9.17) is 5.73 Å². The van der Waals surface area contributed by atoms with Crippen LogP contribution in [0.3, 0.4) is 0 Å². The average molecular weight is 278 g/mol. The van der Waals surface area contributed by atoms with E-state index in [1.165, 1.54) is 18.2 Å². The lowest BCUT2D eigenvalue weighted by atomic mass is 9.77. The molecule has 0 aliphatic heterocycles. The van der Waals surface area contributed by atoms with Gasteiger partial charge in [-0.3, -0.25) is 4.79 Å². The van der Waals surface area contributed by atoms with Crippen molar-refractivity contribution in [1.29, 1.82) is 0 Å². The molecule has 0 radical (unpaired) electrons. The van der Waals surface area contributed by atoms with E-state index in [0.29, 0.717) is 11.6 Å². The standard InChI is InChI=1S/C16H23FN2O/c1-11(2)10-16(7-3-4-8-16)15(20)19-14-6-5-12(17)9-13(14)18/h5-6,9,11H,3-4,7-8,10,18H2,1-2H3,(H,19,20). The molecule has 0 heterocycles. The van der Waals surface area contributed by atoms with E-state index in [1.807, 2.05) is 0 Å². The van der Waals surface area contributed by atoms with Gasteiger partial charge in [-0.1, -0.05) is 26.7 Å². The molecule has 3 N–H and O–H groups in total. The highest BCUT2D eigenvalue weighted by molar-refractivity contribution is 5.97. The van der Waals surface area contributed by atoms with Crippen molar-refractivity contribution in [1.82, 2.24) is 0 Å². The minimum atomic E-state index is -0.391. The third-order valence-corrected chi connectivity index (χ3v) is 4.10. The van der Waals surface area contributed by atoms with Gasteiger partial charge in [0.1, 0.15) is 5.82 Å². The molecule has 4 heteroatoms. The highest BCUT2D eigenvalue weighted by Crippen LogP contribution is 2.44. The van der Waals surface area contributed by atoms with Gasteiger partial charge >= 0.3 is 0 Å². The molecule has 1 fully saturated rings. The molecule has 3 nitrogen and oxygen atoms in total. The number of rotatable bonds is 4. The Morgan fingerprint density at radius 1 is 1.40 bits per heavy atom. The maximum Gasteiger partial charge on any atom is 0.230 e. The number of anilines is 2. The second-order valence-corrected chi connectivity index (χ2v) is 6.27. The summed E-state index contributed by atoms with van der Waals surface area (Å²) in [6, 6.07) is 4.08. The number of nitrogen functional groups attached to an aromatic ring is 1. The maximum atomic E-state index is 13.0. The summed E-state index contributed by atoms with van der Waals surface area (Å²) >= 11 is 0. The molecule has 1 amide bonds. The molecule has 0 aromatic heterocycles. The zero-order valence-electron chi connectivity index (χ0n) is 12.2. The number of carbonyl (C=O) groups excluding carboxylic acids is 1. The van der Waals surface area contributed by atoms with Crippen LogP contribution in [0, 0.1) is 17.2 Å². The van der Waals surface area contributed by atoms with E-state index in [9.17, 15) is 9.18 Å². The van der Waals surface area contributed by atoms with Crippen LogP contribution in [-0.2, 0) is 4.79 Å². The van der Waals surface area contributed by atoms with Gasteiger partial charge in [-0.25, -0.2) is 4.39 Å². The number of amides is 1. The molecule has 0 saturated heterocycles. The summed E-state index contributed by atoms with van der Waals surface area (Å²) in [6.45, 7) is 4.28. The van der Waals surface area contributed by atoms with E-state index < -0.39 is 5.82 Å². The van der Waals surface area contributed by atoms with E-state index in [-0.39, 0.29) is 17.0 Å². The summed E-state index contributed by atoms with van der Waals surface area (Å²) in [5.41, 5.74) is 6.26. The van der Waals surface area contributed by atoms with Crippen LogP contribution < -0.4 is 11.1 Å². The van der Waals surface area contributed by atoms with Gasteiger partial charge < -0.3 is 11.1 Å². The highest BCUT2D eigenvalue weighted by atomic mass is 19.1. The average Bonchev–Trinajstić information content (AvgIpc) is 2.81. The summed E-state index contributed by atoms with van der Waals surface area (Å²) in [5.74, 6) is 0.115. The number of carbonyl (C=O) groups is 1. The van der Waals surface area contributed by atoms with Gasteiger partial charge in [0.15, 0.2) is 0 Å². The van der Waals surface area contributed by atoms with Crippen LogP contribution >= 0.6 is 0 Å². The van der Waals surface area contributed by atoms with Crippen molar-refractivity contribution in [3.8, 4) is 0 Å². The zero-order valence-corrected chi connectivity index (χ0v) is 12.2. The first-order valence-electron chi connectivity index (χ1n) is 7.29. The summed E-state index contributed by atoms with van der Waals surface area (Å²) < 4.78 is 13.0. The Bertz CT molecular complexity index is 493. The zero-order chi connectivity index (χ0) is 14.8. The van der Waals surface area contributed by atoms with Crippen molar-refractivity contribution in [3.63, 3.8) is 0 Å². The van der Waals surface area contributed by atoms with Gasteiger partial charge in [0, 0.05) is 5.41 Å². The summed E-state index contributed by atoms with van der Waals surface area (Å²) in [4.78, 5) is 12.6. The summed E-state index contributed by atoms with van der Waals surface area (Å²) in [5, 5.41) is 2.89. The molecule has 0 unspecified atom stereocenters. The highest BCUT2D eigenvalue weighted by Gasteiger charge is 2.41. The second-order valence-electron chi connectivity index (χ2n) is 6.27. The molecule has 2 rings (SSSR count). The molecular formula is C16H23FN2O. The summed E-state index contributed by atoms with van der Waals surface area (Å²) in [6.07, 6.45) is 4.94. The first-order chi connectivity index (χ1) is 9.43. The first kappa shape index (κ1) is 14.8. The molecule has 110 valence electrons. The van der Waals surface area contributed by atoms with E-state index >= 15 is 0 Å². The van der Waals surface area contributed by atoms with Crippen molar-refractivity contribution >= 4 is 17.3 Å². The molecule has 1 aromatic rings. The minimum absolute atomic E-state index is 0.0296. The quantitative estimate of drug-likeness (QED) is 0.819. The Morgan fingerprint density at radius 2 is 2.05 bits per heavy atom. The Labute approximate surface area is 119 Å². The van der Waals surface area contributed by atoms with E-state index in [0.717, 1.165) is 32.1 Å².